The molecule has 3 aromatic carbocycles. The van der Waals surface area contributed by atoms with Crippen LogP contribution in [0.25, 0.3) is 6.08 Å². The quantitative estimate of drug-likeness (QED) is 0.293. The lowest BCUT2D eigenvalue weighted by Gasteiger charge is -2.14. The summed E-state index contributed by atoms with van der Waals surface area (Å²) in [7, 11) is 0. The number of thiocarbonyl (C=S) groups is 1. The van der Waals surface area contributed by atoms with Gasteiger partial charge >= 0.3 is 0 Å². The Bertz CT molecular complexity index is 1140. The van der Waals surface area contributed by atoms with Gasteiger partial charge in [-0.2, -0.15) is 0 Å². The molecule has 1 saturated heterocycles. The Morgan fingerprint density at radius 2 is 1.74 bits per heavy atom. The molecule has 0 aromatic heterocycles. The predicted octanol–water partition coefficient (Wildman–Crippen LogP) is 6.89. The molecule has 0 aliphatic carbocycles. The molecule has 0 N–H and O–H groups in total. The molecule has 3 aromatic rings. The van der Waals surface area contributed by atoms with Crippen LogP contribution in [-0.4, -0.2) is 10.2 Å². The minimum Gasteiger partial charge on any atom is -0.489 e. The third-order valence-corrected chi connectivity index (χ3v) is 6.43. The fourth-order valence-electron chi connectivity index (χ4n) is 3.16. The molecule has 1 amide bonds. The normalized spacial score (nSPS) is 15.0. The van der Waals surface area contributed by atoms with E-state index in [-0.39, 0.29) is 5.91 Å². The van der Waals surface area contributed by atoms with Crippen LogP contribution in [-0.2, 0) is 17.8 Å². The summed E-state index contributed by atoms with van der Waals surface area (Å²) in [5.41, 5.74) is 3.93. The van der Waals surface area contributed by atoms with Gasteiger partial charge in [-0.1, -0.05) is 78.9 Å². The molecular formula is C25H20ClNO2S2. The zero-order valence-electron chi connectivity index (χ0n) is 16.9. The minimum atomic E-state index is -0.105. The molecule has 3 nitrogen and oxygen atoms in total. The summed E-state index contributed by atoms with van der Waals surface area (Å²) in [5, 5.41) is 0.698. The molecule has 1 heterocycles. The molecule has 1 aliphatic rings. The monoisotopic (exact) mass is 465 g/mol. The summed E-state index contributed by atoms with van der Waals surface area (Å²) in [5.74, 6) is 0.626. The lowest BCUT2D eigenvalue weighted by atomic mass is 10.1. The average Bonchev–Trinajstić information content (AvgIpc) is 3.06. The Morgan fingerprint density at radius 3 is 2.45 bits per heavy atom. The summed E-state index contributed by atoms with van der Waals surface area (Å²) in [6, 6.07) is 23.2. The SMILES string of the molecule is CCc1ccc(N2C(=O)/C(=C/c3cccc(OCc4ccc(Cl)cc4)c3)SC2=S)cc1. The number of ether oxygens (including phenoxy) is 1. The number of hydrogen-bond donors (Lipinski definition) is 0. The van der Waals surface area contributed by atoms with E-state index in [4.69, 9.17) is 28.6 Å². The van der Waals surface area contributed by atoms with Crippen molar-refractivity contribution >= 4 is 57.6 Å². The zero-order chi connectivity index (χ0) is 21.8. The molecule has 0 unspecified atom stereocenters. The number of carbonyl (C=O) groups is 1. The first-order valence-corrected chi connectivity index (χ1v) is 11.5. The first kappa shape index (κ1) is 21.6. The summed E-state index contributed by atoms with van der Waals surface area (Å²) in [4.78, 5) is 15.2. The van der Waals surface area contributed by atoms with Crippen LogP contribution < -0.4 is 9.64 Å². The Hall–Kier alpha value is -2.60. The highest BCUT2D eigenvalue weighted by Crippen LogP contribution is 2.36. The van der Waals surface area contributed by atoms with E-state index in [9.17, 15) is 4.79 Å². The van der Waals surface area contributed by atoms with Crippen LogP contribution in [0.4, 0.5) is 5.69 Å². The molecule has 156 valence electrons. The van der Waals surface area contributed by atoms with Crippen molar-refractivity contribution in [3.05, 3.63) is 99.4 Å². The fraction of sp³-hybridized carbons (Fsp3) is 0.120. The Morgan fingerprint density at radius 1 is 1.03 bits per heavy atom. The molecule has 0 atom stereocenters. The number of halogens is 1. The third-order valence-electron chi connectivity index (χ3n) is 4.87. The maximum Gasteiger partial charge on any atom is 0.270 e. The number of benzene rings is 3. The standard InChI is InChI=1S/C25H20ClNO2S2/c1-2-17-8-12-21(13-9-17)27-24(28)23(31-25(27)30)15-19-4-3-5-22(14-19)29-16-18-6-10-20(26)11-7-18/h3-15H,2,16H2,1H3/b23-15-. The molecule has 6 heteroatoms. The van der Waals surface area contributed by atoms with Crippen molar-refractivity contribution < 1.29 is 9.53 Å². The second-order valence-electron chi connectivity index (χ2n) is 7.02. The highest BCUT2D eigenvalue weighted by molar-refractivity contribution is 8.27. The van der Waals surface area contributed by atoms with Crippen molar-refractivity contribution in [3.63, 3.8) is 0 Å². The van der Waals surface area contributed by atoms with Gasteiger partial charge < -0.3 is 4.74 Å². The van der Waals surface area contributed by atoms with Gasteiger partial charge in [-0.15, -0.1) is 0 Å². The lowest BCUT2D eigenvalue weighted by molar-refractivity contribution is -0.113. The van der Waals surface area contributed by atoms with E-state index in [1.807, 2.05) is 78.9 Å². The Labute approximate surface area is 196 Å². The summed E-state index contributed by atoms with van der Waals surface area (Å²) >= 11 is 12.7. The van der Waals surface area contributed by atoms with Crippen LogP contribution in [0.5, 0.6) is 5.75 Å². The van der Waals surface area contributed by atoms with Crippen molar-refractivity contribution in [2.45, 2.75) is 20.0 Å². The second-order valence-corrected chi connectivity index (χ2v) is 9.14. The van der Waals surface area contributed by atoms with Crippen LogP contribution in [0.15, 0.2) is 77.7 Å². The molecule has 0 radical (unpaired) electrons. The maximum atomic E-state index is 13.0. The van der Waals surface area contributed by atoms with Crippen LogP contribution in [0, 0.1) is 0 Å². The number of hydrogen-bond acceptors (Lipinski definition) is 4. The van der Waals surface area contributed by atoms with Crippen molar-refractivity contribution in [2.24, 2.45) is 0 Å². The van der Waals surface area contributed by atoms with E-state index < -0.39 is 0 Å². The average molecular weight is 466 g/mol. The summed E-state index contributed by atoms with van der Waals surface area (Å²) in [6.07, 6.45) is 2.81. The van der Waals surface area contributed by atoms with Crippen molar-refractivity contribution in [1.82, 2.24) is 0 Å². The van der Waals surface area contributed by atoms with Crippen LogP contribution in [0.1, 0.15) is 23.6 Å². The van der Waals surface area contributed by atoms with Crippen molar-refractivity contribution in [1.29, 1.82) is 0 Å². The first-order valence-electron chi connectivity index (χ1n) is 9.87. The number of anilines is 1. The van der Waals surface area contributed by atoms with Gasteiger partial charge in [0.2, 0.25) is 0 Å². The van der Waals surface area contributed by atoms with Crippen molar-refractivity contribution in [3.8, 4) is 5.75 Å². The number of carbonyl (C=O) groups excluding carboxylic acids is 1. The first-order chi connectivity index (χ1) is 15.0. The molecule has 31 heavy (non-hydrogen) atoms. The molecule has 4 rings (SSSR count). The highest BCUT2D eigenvalue weighted by atomic mass is 35.5. The van der Waals surface area contributed by atoms with E-state index in [0.717, 1.165) is 29.0 Å². The van der Waals surface area contributed by atoms with Gasteiger partial charge in [0.25, 0.3) is 5.91 Å². The van der Waals surface area contributed by atoms with E-state index in [0.29, 0.717) is 20.9 Å². The Balaban J connectivity index is 1.49. The van der Waals surface area contributed by atoms with E-state index in [1.54, 1.807) is 4.90 Å². The number of rotatable bonds is 6. The number of thioether (sulfide) groups is 1. The van der Waals surface area contributed by atoms with Gasteiger partial charge in [0, 0.05) is 5.02 Å². The Kier molecular flexibility index (Phi) is 6.76. The molecular weight excluding hydrogens is 446 g/mol. The number of nitrogens with zero attached hydrogens (tertiary/aromatic N) is 1. The van der Waals surface area contributed by atoms with Crippen LogP contribution in [0.2, 0.25) is 5.02 Å². The lowest BCUT2D eigenvalue weighted by Crippen LogP contribution is -2.27. The summed E-state index contributed by atoms with van der Waals surface area (Å²) in [6.45, 7) is 2.54. The van der Waals surface area contributed by atoms with Gasteiger partial charge in [0.1, 0.15) is 12.4 Å². The molecule has 0 bridgehead atoms. The highest BCUT2D eigenvalue weighted by Gasteiger charge is 2.33. The maximum absolute atomic E-state index is 13.0. The van der Waals surface area contributed by atoms with Crippen LogP contribution in [0.3, 0.4) is 0 Å². The molecule has 0 saturated carbocycles. The van der Waals surface area contributed by atoms with Gasteiger partial charge in [0.05, 0.1) is 10.6 Å². The number of amides is 1. The van der Waals surface area contributed by atoms with E-state index in [2.05, 4.69) is 6.92 Å². The zero-order valence-corrected chi connectivity index (χ0v) is 19.3. The minimum absolute atomic E-state index is 0.105. The van der Waals surface area contributed by atoms with Crippen molar-refractivity contribution in [2.75, 3.05) is 4.90 Å². The second kappa shape index (κ2) is 9.69. The smallest absolute Gasteiger partial charge is 0.270 e. The summed E-state index contributed by atoms with van der Waals surface area (Å²) < 4.78 is 6.43. The van der Waals surface area contributed by atoms with Gasteiger partial charge in [-0.3, -0.25) is 9.69 Å². The van der Waals surface area contributed by atoms with Gasteiger partial charge in [-0.05, 0) is 65.6 Å². The molecule has 1 aliphatic heterocycles. The largest absolute Gasteiger partial charge is 0.489 e. The van der Waals surface area contributed by atoms with Gasteiger partial charge in [0.15, 0.2) is 4.32 Å². The third kappa shape index (κ3) is 5.18. The van der Waals surface area contributed by atoms with Gasteiger partial charge in [-0.25, -0.2) is 0 Å². The molecule has 0 spiro atoms. The van der Waals surface area contributed by atoms with E-state index in [1.165, 1.54) is 17.3 Å². The topological polar surface area (TPSA) is 29.5 Å². The predicted molar refractivity (Wildman–Crippen MR) is 134 cm³/mol. The fourth-order valence-corrected chi connectivity index (χ4v) is 4.59. The molecule has 1 fully saturated rings. The number of aryl methyl sites for hydroxylation is 1. The van der Waals surface area contributed by atoms with E-state index >= 15 is 0 Å². The van der Waals surface area contributed by atoms with Crippen LogP contribution >= 0.6 is 35.6 Å².